The molecule has 0 aliphatic rings. The highest BCUT2D eigenvalue weighted by molar-refractivity contribution is 7.09. The van der Waals surface area contributed by atoms with E-state index in [1.807, 2.05) is 12.3 Å². The summed E-state index contributed by atoms with van der Waals surface area (Å²) in [6.07, 6.45) is -4.35. The number of para-hydroxylation sites is 2. The fourth-order valence-electron chi connectivity index (χ4n) is 1.55. The van der Waals surface area contributed by atoms with Gasteiger partial charge >= 0.3 is 6.18 Å². The van der Waals surface area contributed by atoms with E-state index in [9.17, 15) is 13.2 Å². The number of rotatable bonds is 5. The quantitative estimate of drug-likeness (QED) is 0.906. The normalized spacial score (nSPS) is 11.4. The summed E-state index contributed by atoms with van der Waals surface area (Å²) in [5.74, 6) is 0.179. The number of nitrogens with zero attached hydrogens (tertiary/aromatic N) is 1. The molecule has 0 radical (unpaired) electrons. The summed E-state index contributed by atoms with van der Waals surface area (Å²) < 4.78 is 41.3. The summed E-state index contributed by atoms with van der Waals surface area (Å²) in [6, 6.07) is 6.54. The molecule has 0 fully saturated rings. The van der Waals surface area contributed by atoms with Crippen LogP contribution in [0.3, 0.4) is 0 Å². The van der Waals surface area contributed by atoms with Crippen molar-refractivity contribution in [3.8, 4) is 5.75 Å². The zero-order valence-electron chi connectivity index (χ0n) is 10.7. The van der Waals surface area contributed by atoms with E-state index in [0.29, 0.717) is 12.2 Å². The van der Waals surface area contributed by atoms with Crippen molar-refractivity contribution in [2.24, 2.45) is 0 Å². The molecule has 0 atom stereocenters. The first-order valence-corrected chi connectivity index (χ1v) is 6.75. The molecule has 0 aliphatic carbocycles. The molecule has 0 unspecified atom stereocenters. The molecule has 0 saturated carbocycles. The number of nitrogens with one attached hydrogen (secondary N) is 1. The number of ether oxygens (including phenoxy) is 1. The molecule has 0 bridgehead atoms. The van der Waals surface area contributed by atoms with Crippen LogP contribution in [-0.2, 0) is 6.54 Å². The van der Waals surface area contributed by atoms with Crippen molar-refractivity contribution >= 4 is 17.0 Å². The lowest BCUT2D eigenvalue weighted by Crippen LogP contribution is -2.19. The average Bonchev–Trinajstić information content (AvgIpc) is 2.80. The maximum absolute atomic E-state index is 12.2. The lowest BCUT2D eigenvalue weighted by molar-refractivity contribution is -0.153. The van der Waals surface area contributed by atoms with Crippen LogP contribution in [0.1, 0.15) is 10.7 Å². The van der Waals surface area contributed by atoms with Crippen LogP contribution in [0.5, 0.6) is 5.75 Å². The van der Waals surface area contributed by atoms with E-state index in [2.05, 4.69) is 10.3 Å². The zero-order chi connectivity index (χ0) is 14.6. The van der Waals surface area contributed by atoms with Gasteiger partial charge in [0, 0.05) is 11.1 Å². The Morgan fingerprint density at radius 3 is 2.70 bits per heavy atom. The number of hydrogen-bond donors (Lipinski definition) is 1. The fourth-order valence-corrected chi connectivity index (χ4v) is 2.26. The largest absolute Gasteiger partial charge is 0.482 e. The van der Waals surface area contributed by atoms with Crippen molar-refractivity contribution in [1.29, 1.82) is 0 Å². The van der Waals surface area contributed by atoms with Gasteiger partial charge in [0.15, 0.2) is 6.61 Å². The van der Waals surface area contributed by atoms with Gasteiger partial charge in [0.05, 0.1) is 12.2 Å². The van der Waals surface area contributed by atoms with Crippen molar-refractivity contribution in [3.05, 3.63) is 40.3 Å². The topological polar surface area (TPSA) is 34.1 Å². The Labute approximate surface area is 118 Å². The van der Waals surface area contributed by atoms with Gasteiger partial charge in [0.2, 0.25) is 0 Å². The SMILES string of the molecule is Cc1csc(CNc2ccccc2OCC(F)(F)F)n1. The predicted molar refractivity (Wildman–Crippen MR) is 72.2 cm³/mol. The van der Waals surface area contributed by atoms with Crippen LogP contribution in [0, 0.1) is 6.92 Å². The highest BCUT2D eigenvalue weighted by Gasteiger charge is 2.28. The number of alkyl halides is 3. The van der Waals surface area contributed by atoms with E-state index in [4.69, 9.17) is 4.74 Å². The minimum Gasteiger partial charge on any atom is -0.482 e. The fraction of sp³-hybridized carbons (Fsp3) is 0.308. The Balaban J connectivity index is 2.00. The number of thiazole rings is 1. The Bertz CT molecular complexity index is 569. The molecular formula is C13H13F3N2OS. The van der Waals surface area contributed by atoms with Crippen LogP contribution in [0.2, 0.25) is 0 Å². The van der Waals surface area contributed by atoms with E-state index in [0.717, 1.165) is 10.7 Å². The van der Waals surface area contributed by atoms with Crippen molar-refractivity contribution in [1.82, 2.24) is 4.98 Å². The summed E-state index contributed by atoms with van der Waals surface area (Å²) in [7, 11) is 0. The average molecular weight is 302 g/mol. The molecule has 3 nitrogen and oxygen atoms in total. The van der Waals surface area contributed by atoms with Crippen molar-refractivity contribution < 1.29 is 17.9 Å². The van der Waals surface area contributed by atoms with Crippen LogP contribution in [0.4, 0.5) is 18.9 Å². The number of aryl methyl sites for hydroxylation is 1. The molecule has 0 spiro atoms. The van der Waals surface area contributed by atoms with Gasteiger partial charge in [-0.25, -0.2) is 4.98 Å². The molecule has 0 saturated heterocycles. The minimum absolute atomic E-state index is 0.179. The highest BCUT2D eigenvalue weighted by Crippen LogP contribution is 2.27. The van der Waals surface area contributed by atoms with Gasteiger partial charge in [-0.3, -0.25) is 0 Å². The smallest absolute Gasteiger partial charge is 0.422 e. The van der Waals surface area contributed by atoms with E-state index >= 15 is 0 Å². The van der Waals surface area contributed by atoms with E-state index in [1.54, 1.807) is 18.2 Å². The summed E-state index contributed by atoms with van der Waals surface area (Å²) in [5, 5.41) is 5.82. The van der Waals surface area contributed by atoms with Gasteiger partial charge in [-0.1, -0.05) is 12.1 Å². The Morgan fingerprint density at radius 2 is 2.05 bits per heavy atom. The van der Waals surface area contributed by atoms with Crippen LogP contribution >= 0.6 is 11.3 Å². The van der Waals surface area contributed by atoms with Gasteiger partial charge in [-0.05, 0) is 19.1 Å². The zero-order valence-corrected chi connectivity index (χ0v) is 11.5. The summed E-state index contributed by atoms with van der Waals surface area (Å²) in [6.45, 7) is 1.04. The molecule has 1 N–H and O–H groups in total. The van der Waals surface area contributed by atoms with Crippen molar-refractivity contribution in [3.63, 3.8) is 0 Å². The first-order chi connectivity index (χ1) is 9.44. The molecule has 0 amide bonds. The molecule has 2 rings (SSSR count). The van der Waals surface area contributed by atoms with Crippen LogP contribution < -0.4 is 10.1 Å². The van der Waals surface area contributed by atoms with Crippen LogP contribution in [0.15, 0.2) is 29.6 Å². The van der Waals surface area contributed by atoms with Crippen LogP contribution in [-0.4, -0.2) is 17.8 Å². The maximum Gasteiger partial charge on any atom is 0.422 e. The van der Waals surface area contributed by atoms with Crippen molar-refractivity contribution in [2.45, 2.75) is 19.6 Å². The summed E-state index contributed by atoms with van der Waals surface area (Å²) >= 11 is 1.50. The molecule has 2 aromatic rings. The van der Waals surface area contributed by atoms with Gasteiger partial charge in [0.25, 0.3) is 0 Å². The lowest BCUT2D eigenvalue weighted by atomic mass is 10.3. The van der Waals surface area contributed by atoms with Crippen LogP contribution in [0.25, 0.3) is 0 Å². The minimum atomic E-state index is -4.35. The van der Waals surface area contributed by atoms with Gasteiger partial charge in [0.1, 0.15) is 10.8 Å². The number of halogens is 3. The molecule has 1 heterocycles. The van der Waals surface area contributed by atoms with E-state index in [-0.39, 0.29) is 5.75 Å². The maximum atomic E-state index is 12.2. The third kappa shape index (κ3) is 4.41. The first kappa shape index (κ1) is 14.6. The monoisotopic (exact) mass is 302 g/mol. The molecule has 1 aromatic carbocycles. The Kier molecular flexibility index (Phi) is 4.49. The molecular weight excluding hydrogens is 289 g/mol. The molecule has 0 aliphatic heterocycles. The number of aromatic nitrogens is 1. The second-order valence-corrected chi connectivity index (χ2v) is 5.08. The summed E-state index contributed by atoms with van der Waals surface area (Å²) in [4.78, 5) is 4.28. The van der Waals surface area contributed by atoms with Gasteiger partial charge < -0.3 is 10.1 Å². The number of hydrogen-bond acceptors (Lipinski definition) is 4. The second kappa shape index (κ2) is 6.13. The first-order valence-electron chi connectivity index (χ1n) is 5.87. The Hall–Kier alpha value is -1.76. The molecule has 108 valence electrons. The second-order valence-electron chi connectivity index (χ2n) is 4.14. The third-order valence-corrected chi connectivity index (χ3v) is 3.34. The number of benzene rings is 1. The van der Waals surface area contributed by atoms with Gasteiger partial charge in [-0.15, -0.1) is 11.3 Å². The van der Waals surface area contributed by atoms with E-state index in [1.165, 1.54) is 17.4 Å². The molecule has 20 heavy (non-hydrogen) atoms. The Morgan fingerprint density at radius 1 is 1.30 bits per heavy atom. The highest BCUT2D eigenvalue weighted by atomic mass is 32.1. The summed E-state index contributed by atoms with van der Waals surface area (Å²) in [5.41, 5.74) is 1.44. The predicted octanol–water partition coefficient (Wildman–Crippen LogP) is 4.00. The van der Waals surface area contributed by atoms with Gasteiger partial charge in [-0.2, -0.15) is 13.2 Å². The molecule has 7 heteroatoms. The number of anilines is 1. The standard InChI is InChI=1S/C13H13F3N2OS/c1-9-7-20-12(18-9)6-17-10-4-2-3-5-11(10)19-8-13(14,15)16/h2-5,7,17H,6,8H2,1H3. The van der Waals surface area contributed by atoms with E-state index < -0.39 is 12.8 Å². The lowest BCUT2D eigenvalue weighted by Gasteiger charge is -2.13. The molecule has 1 aromatic heterocycles. The third-order valence-electron chi connectivity index (χ3n) is 2.38. The van der Waals surface area contributed by atoms with Crippen molar-refractivity contribution in [2.75, 3.05) is 11.9 Å².